The molecule has 19 heavy (non-hydrogen) atoms. The number of aliphatic hydroxyl groups excluding tert-OH is 2. The zero-order valence-corrected chi connectivity index (χ0v) is 9.85. The van der Waals surface area contributed by atoms with Crippen molar-refractivity contribution in [1.82, 2.24) is 9.97 Å². The van der Waals surface area contributed by atoms with Crippen LogP contribution in [0.1, 0.15) is 0 Å². The summed E-state index contributed by atoms with van der Waals surface area (Å²) in [6, 6.07) is 4.37. The summed E-state index contributed by atoms with van der Waals surface area (Å²) in [7, 11) is 0. The fraction of sp³-hybridized carbons (Fsp3) is 0.364. The number of non-ortho nitro benzene ring substituents is 1. The second-order valence-electron chi connectivity index (χ2n) is 4.56. The molecular formula is C11H12N4O4. The molecule has 1 aromatic heterocycles. The Hall–Kier alpha value is -2.19. The molecule has 0 saturated carbocycles. The molecule has 2 unspecified atom stereocenters. The highest BCUT2D eigenvalue weighted by atomic mass is 16.6. The molecule has 3 N–H and O–H groups in total. The van der Waals surface area contributed by atoms with E-state index in [4.69, 9.17) is 0 Å². The standard InChI is InChI=1S/C11H12N4O4/c16-9-4-14(5-10(9)17)11-12-7-2-1-6(15(18)19)3-8(7)13-11/h1-3,9-10,16-17H,4-5H2,(H,12,13). The Labute approximate surface area is 107 Å². The minimum atomic E-state index is -0.803. The second-order valence-corrected chi connectivity index (χ2v) is 4.56. The molecule has 0 bridgehead atoms. The molecule has 1 aliphatic heterocycles. The number of anilines is 1. The molecule has 0 radical (unpaired) electrons. The first-order chi connectivity index (χ1) is 9.04. The first-order valence-electron chi connectivity index (χ1n) is 5.80. The van der Waals surface area contributed by atoms with E-state index in [-0.39, 0.29) is 18.8 Å². The third-order valence-corrected chi connectivity index (χ3v) is 3.22. The van der Waals surface area contributed by atoms with Crippen LogP contribution in [0, 0.1) is 10.1 Å². The molecule has 2 aromatic rings. The van der Waals surface area contributed by atoms with Gasteiger partial charge in [0.25, 0.3) is 5.69 Å². The van der Waals surface area contributed by atoms with E-state index in [1.54, 1.807) is 11.0 Å². The van der Waals surface area contributed by atoms with E-state index in [2.05, 4.69) is 9.97 Å². The average molecular weight is 264 g/mol. The number of nitro benzene ring substituents is 1. The quantitative estimate of drug-likeness (QED) is 0.520. The Morgan fingerprint density at radius 1 is 1.37 bits per heavy atom. The van der Waals surface area contributed by atoms with E-state index in [0.29, 0.717) is 17.0 Å². The Morgan fingerprint density at radius 2 is 2.05 bits per heavy atom. The number of hydrogen-bond donors (Lipinski definition) is 3. The highest BCUT2D eigenvalue weighted by Gasteiger charge is 2.31. The Bertz CT molecular complexity index is 631. The summed E-state index contributed by atoms with van der Waals surface area (Å²) >= 11 is 0. The number of aliphatic hydroxyl groups is 2. The van der Waals surface area contributed by atoms with Gasteiger partial charge in [-0.1, -0.05) is 0 Å². The van der Waals surface area contributed by atoms with E-state index in [1.165, 1.54) is 12.1 Å². The minimum Gasteiger partial charge on any atom is -0.388 e. The van der Waals surface area contributed by atoms with Crippen LogP contribution in [0.4, 0.5) is 11.6 Å². The monoisotopic (exact) mass is 264 g/mol. The van der Waals surface area contributed by atoms with Crippen LogP contribution in [0.15, 0.2) is 18.2 Å². The molecule has 1 aromatic carbocycles. The lowest BCUT2D eigenvalue weighted by molar-refractivity contribution is -0.384. The van der Waals surface area contributed by atoms with Gasteiger partial charge in [0.15, 0.2) is 0 Å². The van der Waals surface area contributed by atoms with Gasteiger partial charge in [-0.2, -0.15) is 0 Å². The number of nitrogens with zero attached hydrogens (tertiary/aromatic N) is 3. The number of H-pyrrole nitrogens is 1. The molecule has 100 valence electrons. The van der Waals surface area contributed by atoms with Crippen molar-refractivity contribution in [1.29, 1.82) is 0 Å². The molecule has 0 spiro atoms. The van der Waals surface area contributed by atoms with Gasteiger partial charge in [0.05, 0.1) is 28.2 Å². The fourth-order valence-corrected chi connectivity index (χ4v) is 2.19. The number of β-amino-alcohol motifs (C(OH)–C–C–N with tert-alkyl or cyclic N) is 2. The molecule has 0 amide bonds. The van der Waals surface area contributed by atoms with Crippen molar-refractivity contribution in [2.45, 2.75) is 12.2 Å². The molecule has 0 aliphatic carbocycles. The number of hydrogen-bond acceptors (Lipinski definition) is 6. The van der Waals surface area contributed by atoms with E-state index in [1.807, 2.05) is 0 Å². The Balaban J connectivity index is 1.96. The molecule has 1 fully saturated rings. The maximum absolute atomic E-state index is 10.7. The number of aromatic nitrogens is 2. The number of nitrogens with one attached hydrogen (secondary N) is 1. The van der Waals surface area contributed by atoms with E-state index < -0.39 is 17.1 Å². The van der Waals surface area contributed by atoms with Gasteiger partial charge >= 0.3 is 0 Å². The van der Waals surface area contributed by atoms with E-state index in [0.717, 1.165) is 0 Å². The lowest BCUT2D eigenvalue weighted by atomic mass is 10.3. The van der Waals surface area contributed by atoms with Gasteiger partial charge < -0.3 is 20.1 Å². The highest BCUT2D eigenvalue weighted by Crippen LogP contribution is 2.24. The normalized spacial score (nSPS) is 23.2. The van der Waals surface area contributed by atoms with Gasteiger partial charge in [-0.15, -0.1) is 0 Å². The maximum Gasteiger partial charge on any atom is 0.271 e. The Kier molecular flexibility index (Phi) is 2.61. The smallest absolute Gasteiger partial charge is 0.271 e. The van der Waals surface area contributed by atoms with Gasteiger partial charge in [0.2, 0.25) is 5.95 Å². The number of aromatic amines is 1. The molecule has 1 saturated heterocycles. The van der Waals surface area contributed by atoms with Gasteiger partial charge in [-0.05, 0) is 6.07 Å². The number of rotatable bonds is 2. The van der Waals surface area contributed by atoms with E-state index >= 15 is 0 Å². The molecule has 8 nitrogen and oxygen atoms in total. The van der Waals surface area contributed by atoms with Crippen LogP contribution >= 0.6 is 0 Å². The van der Waals surface area contributed by atoms with Crippen molar-refractivity contribution in [3.05, 3.63) is 28.3 Å². The lowest BCUT2D eigenvalue weighted by Gasteiger charge is -2.12. The summed E-state index contributed by atoms with van der Waals surface area (Å²) in [6.07, 6.45) is -1.61. The number of nitro groups is 1. The molecule has 2 atom stereocenters. The van der Waals surface area contributed by atoms with Crippen molar-refractivity contribution in [2.24, 2.45) is 0 Å². The van der Waals surface area contributed by atoms with Crippen LogP contribution in [0.2, 0.25) is 0 Å². The minimum absolute atomic E-state index is 0.0100. The topological polar surface area (TPSA) is 116 Å². The van der Waals surface area contributed by atoms with Crippen molar-refractivity contribution < 1.29 is 15.1 Å². The first-order valence-corrected chi connectivity index (χ1v) is 5.80. The summed E-state index contributed by atoms with van der Waals surface area (Å²) in [5, 5.41) is 29.7. The zero-order chi connectivity index (χ0) is 13.6. The predicted octanol–water partition coefficient (Wildman–Crippen LogP) is 0.0129. The lowest BCUT2D eigenvalue weighted by Crippen LogP contribution is -2.22. The highest BCUT2D eigenvalue weighted by molar-refractivity contribution is 5.80. The summed E-state index contributed by atoms with van der Waals surface area (Å²) in [4.78, 5) is 19.2. The van der Waals surface area contributed by atoms with Gasteiger partial charge in [-0.3, -0.25) is 10.1 Å². The van der Waals surface area contributed by atoms with Crippen LogP contribution < -0.4 is 4.90 Å². The Morgan fingerprint density at radius 3 is 2.68 bits per heavy atom. The maximum atomic E-state index is 10.7. The van der Waals surface area contributed by atoms with E-state index in [9.17, 15) is 20.3 Å². The largest absolute Gasteiger partial charge is 0.388 e. The van der Waals surface area contributed by atoms with Crippen molar-refractivity contribution in [3.8, 4) is 0 Å². The van der Waals surface area contributed by atoms with Crippen molar-refractivity contribution in [3.63, 3.8) is 0 Å². The molecule has 3 rings (SSSR count). The molecule has 2 heterocycles. The second kappa shape index (κ2) is 4.18. The first kappa shape index (κ1) is 11.9. The van der Waals surface area contributed by atoms with Crippen LogP contribution in [0.5, 0.6) is 0 Å². The van der Waals surface area contributed by atoms with Gasteiger partial charge in [0.1, 0.15) is 0 Å². The summed E-state index contributed by atoms with van der Waals surface area (Å²) in [5.41, 5.74) is 1.15. The van der Waals surface area contributed by atoms with Gasteiger partial charge in [0, 0.05) is 25.2 Å². The third-order valence-electron chi connectivity index (χ3n) is 3.22. The summed E-state index contributed by atoms with van der Waals surface area (Å²) in [6.45, 7) is 0.562. The fourth-order valence-electron chi connectivity index (χ4n) is 2.19. The van der Waals surface area contributed by atoms with Crippen LogP contribution in [-0.2, 0) is 0 Å². The number of imidazole rings is 1. The summed E-state index contributed by atoms with van der Waals surface area (Å²) in [5.74, 6) is 0.492. The molecule has 1 aliphatic rings. The molecular weight excluding hydrogens is 252 g/mol. The number of benzene rings is 1. The van der Waals surface area contributed by atoms with Crippen molar-refractivity contribution in [2.75, 3.05) is 18.0 Å². The van der Waals surface area contributed by atoms with Crippen LogP contribution in [-0.4, -0.2) is 50.4 Å². The zero-order valence-electron chi connectivity index (χ0n) is 9.85. The average Bonchev–Trinajstić information content (AvgIpc) is 2.92. The molecule has 8 heteroatoms. The predicted molar refractivity (Wildman–Crippen MR) is 67.0 cm³/mol. The third kappa shape index (κ3) is 2.00. The van der Waals surface area contributed by atoms with Crippen LogP contribution in [0.3, 0.4) is 0 Å². The van der Waals surface area contributed by atoms with Crippen molar-refractivity contribution >= 4 is 22.7 Å². The SMILES string of the molecule is O=[N+]([O-])c1ccc2nc(N3CC(O)C(O)C3)[nH]c2c1. The summed E-state index contributed by atoms with van der Waals surface area (Å²) < 4.78 is 0. The van der Waals surface area contributed by atoms with Gasteiger partial charge in [-0.25, -0.2) is 4.98 Å². The van der Waals surface area contributed by atoms with Crippen LogP contribution in [0.25, 0.3) is 11.0 Å². The number of fused-ring (bicyclic) bond motifs is 1.